The number of amides is 1. The second-order valence-electron chi connectivity index (χ2n) is 9.09. The Morgan fingerprint density at radius 2 is 1.97 bits per heavy atom. The summed E-state index contributed by atoms with van der Waals surface area (Å²) in [5.41, 5.74) is 4.36. The molecule has 0 unspecified atom stereocenters. The molecular weight excluding hydrogens is 494 g/mol. The van der Waals surface area contributed by atoms with Crippen molar-refractivity contribution in [1.82, 2.24) is 4.90 Å². The van der Waals surface area contributed by atoms with Crippen LogP contribution in [-0.4, -0.2) is 48.8 Å². The Morgan fingerprint density at radius 3 is 2.81 bits per heavy atom. The standard InChI is InChI=1S/C28H33N3O3S.ClH/c1-2-3-4-6-10-21-17-23(25-20-35-28-29-13-15-31(25)28)27-24(18-21)30(26(32)19-34-27)14-9-16-33-22-11-7-5-8-12-22;/h5,7-8,11-12,17-18,20H,2-4,6,9-10,13-16,19H2,1H3;1H. The molecule has 5 rings (SSSR count). The molecule has 0 atom stereocenters. The fourth-order valence-corrected chi connectivity index (χ4v) is 5.72. The number of amidine groups is 1. The molecule has 0 aromatic heterocycles. The largest absolute Gasteiger partial charge is 0.494 e. The Kier molecular flexibility index (Phi) is 9.21. The van der Waals surface area contributed by atoms with Crippen molar-refractivity contribution < 1.29 is 14.3 Å². The Labute approximate surface area is 224 Å². The van der Waals surface area contributed by atoms with Gasteiger partial charge in [0.25, 0.3) is 5.91 Å². The number of rotatable bonds is 11. The molecule has 8 heteroatoms. The second kappa shape index (κ2) is 12.5. The molecule has 0 N–H and O–H groups in total. The first-order valence-corrected chi connectivity index (χ1v) is 13.6. The van der Waals surface area contributed by atoms with E-state index >= 15 is 0 Å². The monoisotopic (exact) mass is 527 g/mol. The van der Waals surface area contributed by atoms with Gasteiger partial charge < -0.3 is 19.3 Å². The lowest BCUT2D eigenvalue weighted by Gasteiger charge is -2.32. The zero-order chi connectivity index (χ0) is 24.0. The normalized spacial score (nSPS) is 16.1. The van der Waals surface area contributed by atoms with Crippen molar-refractivity contribution in [2.24, 2.45) is 4.99 Å². The third kappa shape index (κ3) is 5.84. The number of anilines is 1. The van der Waals surface area contributed by atoms with Crippen molar-refractivity contribution in [2.75, 3.05) is 37.7 Å². The van der Waals surface area contributed by atoms with Crippen LogP contribution in [0, 0.1) is 0 Å². The molecule has 2 aromatic carbocycles. The summed E-state index contributed by atoms with van der Waals surface area (Å²) in [4.78, 5) is 21.7. The van der Waals surface area contributed by atoms with Crippen molar-refractivity contribution >= 4 is 46.6 Å². The van der Waals surface area contributed by atoms with Crippen LogP contribution in [0.25, 0.3) is 5.70 Å². The van der Waals surface area contributed by atoms with Gasteiger partial charge in [0.15, 0.2) is 17.5 Å². The topological polar surface area (TPSA) is 54.4 Å². The van der Waals surface area contributed by atoms with Gasteiger partial charge in [-0.25, -0.2) is 0 Å². The molecule has 0 bridgehead atoms. The molecule has 1 amide bonds. The second-order valence-corrected chi connectivity index (χ2v) is 9.92. The Morgan fingerprint density at radius 1 is 1.11 bits per heavy atom. The lowest BCUT2D eigenvalue weighted by atomic mass is 9.99. The number of halogens is 1. The van der Waals surface area contributed by atoms with E-state index in [1.165, 1.54) is 24.8 Å². The Balaban J connectivity index is 0.00000304. The third-order valence-electron chi connectivity index (χ3n) is 6.56. The van der Waals surface area contributed by atoms with Crippen LogP contribution in [-0.2, 0) is 11.2 Å². The maximum Gasteiger partial charge on any atom is 0.265 e. The van der Waals surface area contributed by atoms with Gasteiger partial charge in [-0.15, -0.1) is 12.4 Å². The van der Waals surface area contributed by atoms with Gasteiger partial charge >= 0.3 is 0 Å². The molecule has 0 radical (unpaired) electrons. The predicted octanol–water partition coefficient (Wildman–Crippen LogP) is 6.14. The maximum atomic E-state index is 13.0. The van der Waals surface area contributed by atoms with E-state index in [1.807, 2.05) is 35.2 Å². The molecule has 0 fully saturated rings. The van der Waals surface area contributed by atoms with Gasteiger partial charge in [-0.05, 0) is 49.1 Å². The van der Waals surface area contributed by atoms with Crippen LogP contribution in [0.5, 0.6) is 11.5 Å². The van der Waals surface area contributed by atoms with Gasteiger partial charge in [0.1, 0.15) is 5.75 Å². The third-order valence-corrected chi connectivity index (χ3v) is 7.46. The van der Waals surface area contributed by atoms with Crippen LogP contribution < -0.4 is 14.4 Å². The number of hydrogen-bond donors (Lipinski definition) is 0. The first kappa shape index (κ1) is 26.4. The van der Waals surface area contributed by atoms with Crippen LogP contribution in [0.2, 0.25) is 0 Å². The minimum Gasteiger partial charge on any atom is -0.494 e. The van der Waals surface area contributed by atoms with Gasteiger partial charge in [0, 0.05) is 24.1 Å². The summed E-state index contributed by atoms with van der Waals surface area (Å²) in [5, 5.41) is 3.23. The first-order valence-electron chi connectivity index (χ1n) is 12.7. The smallest absolute Gasteiger partial charge is 0.265 e. The van der Waals surface area contributed by atoms with Gasteiger partial charge in [-0.2, -0.15) is 0 Å². The quantitative estimate of drug-likeness (QED) is 0.328. The van der Waals surface area contributed by atoms with Crippen molar-refractivity contribution in [2.45, 2.75) is 45.4 Å². The number of benzene rings is 2. The number of aliphatic imine (C=N–C) groups is 1. The average molecular weight is 528 g/mol. The number of carbonyl (C=O) groups excluding carboxylic acids is 1. The van der Waals surface area contributed by atoms with E-state index in [-0.39, 0.29) is 24.9 Å². The number of nitrogens with zero attached hydrogens (tertiary/aromatic N) is 3. The maximum absolute atomic E-state index is 13.0. The van der Waals surface area contributed by atoms with Gasteiger partial charge in [-0.1, -0.05) is 56.1 Å². The van der Waals surface area contributed by atoms with E-state index in [0.717, 1.165) is 66.0 Å². The summed E-state index contributed by atoms with van der Waals surface area (Å²) in [6, 6.07) is 14.3. The Hall–Kier alpha value is -2.64. The van der Waals surface area contributed by atoms with Crippen LogP contribution in [0.1, 0.15) is 50.2 Å². The molecule has 0 aliphatic carbocycles. The zero-order valence-corrected chi connectivity index (χ0v) is 22.4. The first-order chi connectivity index (χ1) is 17.2. The summed E-state index contributed by atoms with van der Waals surface area (Å²) < 4.78 is 12.0. The average Bonchev–Trinajstić information content (AvgIpc) is 3.50. The van der Waals surface area contributed by atoms with Gasteiger partial charge in [0.05, 0.1) is 24.5 Å². The van der Waals surface area contributed by atoms with Crippen LogP contribution in [0.15, 0.2) is 52.9 Å². The number of unbranched alkanes of at least 4 members (excludes halogenated alkanes) is 3. The number of para-hydroxylation sites is 1. The molecule has 0 spiro atoms. The summed E-state index contributed by atoms with van der Waals surface area (Å²) in [6.45, 7) is 5.18. The summed E-state index contributed by atoms with van der Waals surface area (Å²) in [7, 11) is 0. The van der Waals surface area contributed by atoms with Crippen molar-refractivity contribution in [3.63, 3.8) is 0 Å². The van der Waals surface area contributed by atoms with E-state index in [0.29, 0.717) is 13.2 Å². The fraction of sp³-hybridized carbons (Fsp3) is 0.429. The van der Waals surface area contributed by atoms with E-state index in [1.54, 1.807) is 11.8 Å². The highest BCUT2D eigenvalue weighted by Gasteiger charge is 2.34. The molecule has 0 saturated heterocycles. The minimum absolute atomic E-state index is 0. The fourth-order valence-electron chi connectivity index (χ4n) is 4.77. The number of aryl methyl sites for hydroxylation is 1. The lowest BCUT2D eigenvalue weighted by molar-refractivity contribution is -0.121. The molecule has 192 valence electrons. The van der Waals surface area contributed by atoms with Crippen molar-refractivity contribution in [3.8, 4) is 11.5 Å². The molecule has 3 aliphatic heterocycles. The summed E-state index contributed by atoms with van der Waals surface area (Å²) in [5.74, 6) is 1.67. The van der Waals surface area contributed by atoms with Crippen molar-refractivity contribution in [3.05, 3.63) is 59.0 Å². The van der Waals surface area contributed by atoms with E-state index in [9.17, 15) is 4.79 Å². The SMILES string of the molecule is CCCCCCc1cc(C2=CSC3=NCCN23)c2c(c1)N(CCCOc1ccccc1)C(=O)CO2.Cl. The molecular formula is C28H34ClN3O3S. The Bertz CT molecular complexity index is 1120. The highest BCUT2D eigenvalue weighted by molar-refractivity contribution is 8.16. The summed E-state index contributed by atoms with van der Waals surface area (Å²) >= 11 is 1.67. The number of hydrogen-bond acceptors (Lipinski definition) is 6. The lowest BCUT2D eigenvalue weighted by Crippen LogP contribution is -2.40. The number of fused-ring (bicyclic) bond motifs is 2. The van der Waals surface area contributed by atoms with Gasteiger partial charge in [-0.3, -0.25) is 9.79 Å². The van der Waals surface area contributed by atoms with Crippen molar-refractivity contribution in [1.29, 1.82) is 0 Å². The number of ether oxygens (including phenoxy) is 2. The van der Waals surface area contributed by atoms with Crippen LogP contribution >= 0.6 is 24.2 Å². The summed E-state index contributed by atoms with van der Waals surface area (Å²) in [6.07, 6.45) is 6.59. The molecule has 0 saturated carbocycles. The van der Waals surface area contributed by atoms with E-state index in [4.69, 9.17) is 9.47 Å². The highest BCUT2D eigenvalue weighted by Crippen LogP contribution is 2.45. The number of thioether (sulfide) groups is 1. The minimum atomic E-state index is 0. The van der Waals surface area contributed by atoms with E-state index < -0.39 is 0 Å². The van der Waals surface area contributed by atoms with E-state index in [2.05, 4.69) is 34.4 Å². The molecule has 3 heterocycles. The predicted molar refractivity (Wildman–Crippen MR) is 151 cm³/mol. The number of carbonyl (C=O) groups is 1. The van der Waals surface area contributed by atoms with Crippen LogP contribution in [0.3, 0.4) is 0 Å². The van der Waals surface area contributed by atoms with Gasteiger partial charge in [0.2, 0.25) is 0 Å². The molecule has 3 aliphatic rings. The zero-order valence-electron chi connectivity index (χ0n) is 20.8. The molecule has 2 aromatic rings. The van der Waals surface area contributed by atoms with Crippen LogP contribution in [0.4, 0.5) is 5.69 Å². The molecule has 36 heavy (non-hydrogen) atoms. The molecule has 6 nitrogen and oxygen atoms in total. The highest BCUT2D eigenvalue weighted by atomic mass is 35.5.